The van der Waals surface area contributed by atoms with E-state index in [-0.39, 0.29) is 12.3 Å². The number of amides is 1. The quantitative estimate of drug-likeness (QED) is 0.859. The van der Waals surface area contributed by atoms with E-state index in [4.69, 9.17) is 0 Å². The average Bonchev–Trinajstić information content (AvgIpc) is 2.49. The Morgan fingerprint density at radius 2 is 1.68 bits per heavy atom. The van der Waals surface area contributed by atoms with Crippen molar-refractivity contribution >= 4 is 33.5 Å². The molecule has 0 aliphatic carbocycles. The molecule has 0 bridgehead atoms. The van der Waals surface area contributed by atoms with Crippen molar-refractivity contribution in [1.82, 2.24) is 0 Å². The third-order valence-electron chi connectivity index (χ3n) is 3.22. The Balaban J connectivity index is 2.09. The van der Waals surface area contributed by atoms with Crippen molar-refractivity contribution in [3.63, 3.8) is 0 Å². The Bertz CT molecular complexity index is 641. The molecule has 1 amide bonds. The molecule has 114 valence electrons. The van der Waals surface area contributed by atoms with Crippen molar-refractivity contribution in [2.24, 2.45) is 5.92 Å². The van der Waals surface area contributed by atoms with Crippen LogP contribution in [0, 0.1) is 5.92 Å². The van der Waals surface area contributed by atoms with Crippen molar-refractivity contribution in [3.8, 4) is 0 Å². The minimum atomic E-state index is -1.23. The fourth-order valence-corrected chi connectivity index (χ4v) is 2.39. The van der Waals surface area contributed by atoms with Crippen molar-refractivity contribution in [2.45, 2.75) is 12.8 Å². The summed E-state index contributed by atoms with van der Waals surface area (Å²) in [7, 11) is 0. The maximum atomic E-state index is 12.3. The van der Waals surface area contributed by atoms with Gasteiger partial charge in [0.15, 0.2) is 0 Å². The minimum Gasteiger partial charge on any atom is -0.550 e. The number of anilines is 1. The van der Waals surface area contributed by atoms with Crippen molar-refractivity contribution in [1.29, 1.82) is 0 Å². The lowest BCUT2D eigenvalue weighted by molar-refractivity contribution is -0.306. The van der Waals surface area contributed by atoms with Crippen molar-refractivity contribution in [2.75, 3.05) is 5.32 Å². The van der Waals surface area contributed by atoms with Gasteiger partial charge in [-0.05, 0) is 42.7 Å². The fraction of sp³-hybridized carbons (Fsp3) is 0.176. The van der Waals surface area contributed by atoms with Gasteiger partial charge in [-0.25, -0.2) is 0 Å². The van der Waals surface area contributed by atoms with Gasteiger partial charge in [0.2, 0.25) is 5.91 Å². The maximum absolute atomic E-state index is 12.3. The summed E-state index contributed by atoms with van der Waals surface area (Å²) in [6, 6.07) is 16.4. The van der Waals surface area contributed by atoms with Gasteiger partial charge in [-0.1, -0.05) is 46.3 Å². The Labute approximate surface area is 137 Å². The molecule has 2 aromatic carbocycles. The van der Waals surface area contributed by atoms with Gasteiger partial charge >= 0.3 is 0 Å². The number of hydrogen-bond donors (Lipinski definition) is 1. The second-order valence-electron chi connectivity index (χ2n) is 4.96. The summed E-state index contributed by atoms with van der Waals surface area (Å²) in [5.41, 5.74) is 1.55. The summed E-state index contributed by atoms with van der Waals surface area (Å²) in [6.07, 6.45) is 0.0364. The lowest BCUT2D eigenvalue weighted by Crippen LogP contribution is -2.32. The predicted molar refractivity (Wildman–Crippen MR) is 86.0 cm³/mol. The van der Waals surface area contributed by atoms with Crippen LogP contribution >= 0.6 is 15.9 Å². The molecule has 0 radical (unpaired) electrons. The second-order valence-corrected chi connectivity index (χ2v) is 5.87. The van der Waals surface area contributed by atoms with E-state index in [1.165, 1.54) is 0 Å². The van der Waals surface area contributed by atoms with E-state index in [1.807, 2.05) is 30.3 Å². The Morgan fingerprint density at radius 3 is 2.27 bits per heavy atom. The lowest BCUT2D eigenvalue weighted by Gasteiger charge is -2.17. The van der Waals surface area contributed by atoms with E-state index >= 15 is 0 Å². The van der Waals surface area contributed by atoms with Crippen LogP contribution in [0.3, 0.4) is 0 Å². The molecule has 2 rings (SSSR count). The lowest BCUT2D eigenvalue weighted by atomic mass is 9.95. The standard InChI is InChI=1S/C17H16BrNO3/c18-14-8-6-12(7-9-14)10-13(11-16(20)21)17(22)19-15-4-2-1-3-5-15/h1-9,13H,10-11H2,(H,19,22)(H,20,21)/p-1/t13-/m0/s1. The molecular formula is C17H15BrNO3-. The SMILES string of the molecule is O=C([O-])C[C@H](Cc1ccc(Br)cc1)C(=O)Nc1ccccc1. The largest absolute Gasteiger partial charge is 0.550 e. The third kappa shape index (κ3) is 5.00. The molecule has 0 saturated carbocycles. The van der Waals surface area contributed by atoms with Gasteiger partial charge in [-0.2, -0.15) is 0 Å². The molecule has 0 aliphatic rings. The molecule has 1 N–H and O–H groups in total. The van der Waals surface area contributed by atoms with Gasteiger partial charge in [0.05, 0.1) is 0 Å². The number of carboxylic acids is 1. The second kappa shape index (κ2) is 7.75. The third-order valence-corrected chi connectivity index (χ3v) is 3.75. The first kappa shape index (κ1) is 16.2. The van der Waals surface area contributed by atoms with Crippen LogP contribution in [0.2, 0.25) is 0 Å². The minimum absolute atomic E-state index is 0.311. The fourth-order valence-electron chi connectivity index (χ4n) is 2.13. The highest BCUT2D eigenvalue weighted by Crippen LogP contribution is 2.18. The van der Waals surface area contributed by atoms with Crippen LogP contribution < -0.4 is 10.4 Å². The molecule has 0 aromatic heterocycles. The van der Waals surface area contributed by atoms with E-state index in [9.17, 15) is 14.7 Å². The number of para-hydroxylation sites is 1. The number of hydrogen-bond acceptors (Lipinski definition) is 3. The first-order chi connectivity index (χ1) is 10.5. The van der Waals surface area contributed by atoms with E-state index in [0.29, 0.717) is 12.1 Å². The first-order valence-electron chi connectivity index (χ1n) is 6.85. The van der Waals surface area contributed by atoms with Gasteiger partial charge < -0.3 is 15.2 Å². The molecule has 0 fully saturated rings. The highest BCUT2D eigenvalue weighted by Gasteiger charge is 2.19. The first-order valence-corrected chi connectivity index (χ1v) is 7.64. The molecule has 0 saturated heterocycles. The van der Waals surface area contributed by atoms with Crippen LogP contribution in [0.25, 0.3) is 0 Å². The highest BCUT2D eigenvalue weighted by atomic mass is 79.9. The van der Waals surface area contributed by atoms with E-state index in [1.54, 1.807) is 24.3 Å². The summed E-state index contributed by atoms with van der Waals surface area (Å²) in [5, 5.41) is 13.7. The van der Waals surface area contributed by atoms with E-state index < -0.39 is 11.9 Å². The van der Waals surface area contributed by atoms with Crippen molar-refractivity contribution < 1.29 is 14.7 Å². The van der Waals surface area contributed by atoms with Crippen molar-refractivity contribution in [3.05, 3.63) is 64.6 Å². The Hall–Kier alpha value is -2.14. The number of carbonyl (C=O) groups excluding carboxylic acids is 2. The predicted octanol–water partition coefficient (Wildman–Crippen LogP) is 2.39. The van der Waals surface area contributed by atoms with Gasteiger partial charge in [-0.3, -0.25) is 4.79 Å². The van der Waals surface area contributed by atoms with E-state index in [0.717, 1.165) is 10.0 Å². The van der Waals surface area contributed by atoms with Crippen LogP contribution in [-0.4, -0.2) is 11.9 Å². The van der Waals surface area contributed by atoms with Gasteiger partial charge in [0, 0.05) is 22.0 Å². The number of aliphatic carboxylic acids is 1. The number of halogens is 1. The average molecular weight is 361 g/mol. The number of rotatable bonds is 6. The Morgan fingerprint density at radius 1 is 1.05 bits per heavy atom. The summed E-state index contributed by atoms with van der Waals surface area (Å²) in [6.45, 7) is 0. The van der Waals surface area contributed by atoms with Crippen LogP contribution in [0.5, 0.6) is 0 Å². The van der Waals surface area contributed by atoms with Crippen LogP contribution in [0.4, 0.5) is 5.69 Å². The van der Waals surface area contributed by atoms with Gasteiger partial charge in [-0.15, -0.1) is 0 Å². The molecule has 0 aliphatic heterocycles. The monoisotopic (exact) mass is 360 g/mol. The zero-order chi connectivity index (χ0) is 15.9. The van der Waals surface area contributed by atoms with Crippen LogP contribution in [0.1, 0.15) is 12.0 Å². The zero-order valence-electron chi connectivity index (χ0n) is 11.8. The topological polar surface area (TPSA) is 69.2 Å². The van der Waals surface area contributed by atoms with Gasteiger partial charge in [0.25, 0.3) is 0 Å². The van der Waals surface area contributed by atoms with Crippen LogP contribution in [0.15, 0.2) is 59.1 Å². The molecule has 22 heavy (non-hydrogen) atoms. The number of carboxylic acid groups (broad SMARTS) is 1. The Kier molecular flexibility index (Phi) is 5.72. The zero-order valence-corrected chi connectivity index (χ0v) is 13.4. The van der Waals surface area contributed by atoms with Crippen LogP contribution in [-0.2, 0) is 16.0 Å². The molecule has 0 heterocycles. The summed E-state index contributed by atoms with van der Waals surface area (Å²) in [4.78, 5) is 23.2. The normalized spacial score (nSPS) is 11.7. The molecule has 0 unspecified atom stereocenters. The highest BCUT2D eigenvalue weighted by molar-refractivity contribution is 9.10. The molecule has 4 nitrogen and oxygen atoms in total. The van der Waals surface area contributed by atoms with Gasteiger partial charge in [0.1, 0.15) is 0 Å². The van der Waals surface area contributed by atoms with E-state index in [2.05, 4.69) is 21.2 Å². The maximum Gasteiger partial charge on any atom is 0.228 e. The summed E-state index contributed by atoms with van der Waals surface area (Å²) in [5.74, 6) is -2.23. The molecule has 0 spiro atoms. The molecule has 2 aromatic rings. The molecule has 1 atom stereocenters. The number of carbonyl (C=O) groups is 2. The number of nitrogens with one attached hydrogen (secondary N) is 1. The summed E-state index contributed by atoms with van der Waals surface area (Å²) >= 11 is 3.34. The summed E-state index contributed by atoms with van der Waals surface area (Å²) < 4.78 is 0.932. The molecule has 5 heteroatoms. The molecular weight excluding hydrogens is 346 g/mol. The number of benzene rings is 2. The smallest absolute Gasteiger partial charge is 0.228 e.